The van der Waals surface area contributed by atoms with Crippen molar-refractivity contribution in [2.24, 2.45) is 0 Å². The Balaban J connectivity index is 1.75. The fourth-order valence-corrected chi connectivity index (χ4v) is 2.64. The van der Waals surface area contributed by atoms with E-state index in [2.05, 4.69) is 26.6 Å². The molecule has 0 bridgehead atoms. The van der Waals surface area contributed by atoms with E-state index in [4.69, 9.17) is 0 Å². The highest BCUT2D eigenvalue weighted by Gasteiger charge is 2.27. The Labute approximate surface area is 128 Å². The highest BCUT2D eigenvalue weighted by molar-refractivity contribution is 9.10. The fraction of sp³-hybridized carbons (Fsp3) is 0.133. The third kappa shape index (κ3) is 2.76. The molecule has 1 heterocycles. The maximum absolute atomic E-state index is 13.6. The summed E-state index contributed by atoms with van der Waals surface area (Å²) in [5.41, 5.74) is 1.89. The van der Waals surface area contributed by atoms with Gasteiger partial charge in [0.1, 0.15) is 17.7 Å². The summed E-state index contributed by atoms with van der Waals surface area (Å²) in [4.78, 5) is 12.2. The van der Waals surface area contributed by atoms with Gasteiger partial charge in [0.15, 0.2) is 0 Å². The Kier molecular flexibility index (Phi) is 3.63. The quantitative estimate of drug-likeness (QED) is 0.809. The van der Waals surface area contributed by atoms with Crippen molar-refractivity contribution >= 4 is 33.2 Å². The molecule has 0 radical (unpaired) electrons. The Morgan fingerprint density at radius 2 is 2.00 bits per heavy atom. The van der Waals surface area contributed by atoms with E-state index in [9.17, 15) is 13.6 Å². The first-order valence-corrected chi connectivity index (χ1v) is 7.14. The van der Waals surface area contributed by atoms with Crippen LogP contribution in [0.25, 0.3) is 0 Å². The Morgan fingerprint density at radius 3 is 2.76 bits per heavy atom. The maximum atomic E-state index is 13.6. The van der Waals surface area contributed by atoms with Gasteiger partial charge in [0.2, 0.25) is 5.91 Å². The summed E-state index contributed by atoms with van der Waals surface area (Å²) in [7, 11) is 0. The van der Waals surface area contributed by atoms with Gasteiger partial charge in [-0.2, -0.15) is 0 Å². The average molecular weight is 353 g/mol. The number of hydrogen-bond donors (Lipinski definition) is 2. The van der Waals surface area contributed by atoms with Gasteiger partial charge in [0.25, 0.3) is 0 Å². The van der Waals surface area contributed by atoms with Crippen LogP contribution in [0.5, 0.6) is 0 Å². The van der Waals surface area contributed by atoms with Crippen LogP contribution in [-0.4, -0.2) is 11.9 Å². The van der Waals surface area contributed by atoms with Gasteiger partial charge in [-0.15, -0.1) is 0 Å². The predicted molar refractivity (Wildman–Crippen MR) is 80.2 cm³/mol. The number of rotatable bonds is 2. The van der Waals surface area contributed by atoms with E-state index in [1.807, 2.05) is 24.3 Å². The number of hydrogen-bond acceptors (Lipinski definition) is 2. The molecule has 0 fully saturated rings. The van der Waals surface area contributed by atoms with E-state index in [1.54, 1.807) is 0 Å². The Hall–Kier alpha value is -1.95. The summed E-state index contributed by atoms with van der Waals surface area (Å²) >= 11 is 2.97. The van der Waals surface area contributed by atoms with Gasteiger partial charge in [0, 0.05) is 18.2 Å². The molecule has 0 saturated heterocycles. The fourth-order valence-electron chi connectivity index (χ4n) is 2.29. The van der Waals surface area contributed by atoms with Crippen molar-refractivity contribution in [2.75, 3.05) is 10.6 Å². The van der Waals surface area contributed by atoms with Crippen LogP contribution in [0.4, 0.5) is 20.2 Å². The Bertz CT molecular complexity index is 696. The summed E-state index contributed by atoms with van der Waals surface area (Å²) in [6, 6.07) is 9.08. The van der Waals surface area contributed by atoms with Crippen LogP contribution in [0.15, 0.2) is 40.9 Å². The van der Waals surface area contributed by atoms with Gasteiger partial charge in [-0.1, -0.05) is 18.2 Å². The second-order valence-electron chi connectivity index (χ2n) is 4.79. The molecule has 0 aliphatic carbocycles. The third-order valence-corrected chi connectivity index (χ3v) is 3.96. The molecule has 0 aromatic heterocycles. The number of para-hydroxylation sites is 1. The normalized spacial score (nSPS) is 16.2. The molecular weight excluding hydrogens is 342 g/mol. The van der Waals surface area contributed by atoms with Crippen molar-refractivity contribution < 1.29 is 13.6 Å². The zero-order chi connectivity index (χ0) is 15.0. The molecular formula is C15H11BrF2N2O. The molecule has 1 aliphatic rings. The summed E-state index contributed by atoms with van der Waals surface area (Å²) in [6.07, 6.45) is 0.534. The second kappa shape index (κ2) is 5.44. The number of halogens is 3. The molecule has 6 heteroatoms. The summed E-state index contributed by atoms with van der Waals surface area (Å²) in [5.74, 6) is -1.87. The van der Waals surface area contributed by atoms with Crippen LogP contribution < -0.4 is 10.6 Å². The van der Waals surface area contributed by atoms with Gasteiger partial charge in [-0.05, 0) is 33.6 Å². The lowest BCUT2D eigenvalue weighted by Gasteiger charge is -2.13. The van der Waals surface area contributed by atoms with Crippen LogP contribution in [-0.2, 0) is 11.2 Å². The van der Waals surface area contributed by atoms with Gasteiger partial charge < -0.3 is 10.6 Å². The van der Waals surface area contributed by atoms with Crippen molar-refractivity contribution in [2.45, 2.75) is 12.5 Å². The average Bonchev–Trinajstić information content (AvgIpc) is 2.88. The topological polar surface area (TPSA) is 41.1 Å². The second-order valence-corrected chi connectivity index (χ2v) is 5.65. The van der Waals surface area contributed by atoms with E-state index in [1.165, 1.54) is 6.07 Å². The lowest BCUT2D eigenvalue weighted by atomic mass is 10.1. The molecule has 2 aromatic rings. The minimum atomic E-state index is -0.806. The molecule has 0 spiro atoms. The molecule has 1 unspecified atom stereocenters. The Morgan fingerprint density at radius 1 is 1.24 bits per heavy atom. The van der Waals surface area contributed by atoms with Crippen molar-refractivity contribution in [3.63, 3.8) is 0 Å². The van der Waals surface area contributed by atoms with E-state index in [-0.39, 0.29) is 16.1 Å². The smallest absolute Gasteiger partial charge is 0.247 e. The third-order valence-electron chi connectivity index (χ3n) is 3.36. The first kappa shape index (κ1) is 14.0. The number of benzene rings is 2. The van der Waals surface area contributed by atoms with E-state index in [0.717, 1.165) is 17.3 Å². The summed E-state index contributed by atoms with van der Waals surface area (Å²) < 4.78 is 26.9. The molecule has 1 aliphatic heterocycles. The highest BCUT2D eigenvalue weighted by Crippen LogP contribution is 2.27. The predicted octanol–water partition coefficient (Wildman–Crippen LogP) is 3.70. The van der Waals surface area contributed by atoms with Crippen molar-refractivity contribution in [3.8, 4) is 0 Å². The SMILES string of the molecule is O=C(Nc1cc(Br)c(F)cc1F)C1Cc2ccccc2N1. The molecule has 2 aromatic carbocycles. The van der Waals surface area contributed by atoms with Crippen LogP contribution in [0.3, 0.4) is 0 Å². The first-order valence-electron chi connectivity index (χ1n) is 6.34. The molecule has 0 saturated carbocycles. The number of fused-ring (bicyclic) bond motifs is 1. The molecule has 3 rings (SSSR count). The van der Waals surface area contributed by atoms with Gasteiger partial charge in [0.05, 0.1) is 10.2 Å². The zero-order valence-corrected chi connectivity index (χ0v) is 12.4. The van der Waals surface area contributed by atoms with E-state index < -0.39 is 17.7 Å². The van der Waals surface area contributed by atoms with Crippen molar-refractivity contribution in [1.29, 1.82) is 0 Å². The number of nitrogens with one attached hydrogen (secondary N) is 2. The number of anilines is 2. The molecule has 2 N–H and O–H groups in total. The maximum Gasteiger partial charge on any atom is 0.247 e. The summed E-state index contributed by atoms with van der Waals surface area (Å²) in [5, 5.41) is 5.56. The highest BCUT2D eigenvalue weighted by atomic mass is 79.9. The van der Waals surface area contributed by atoms with Crippen LogP contribution in [0, 0.1) is 11.6 Å². The lowest BCUT2D eigenvalue weighted by molar-refractivity contribution is -0.116. The molecule has 3 nitrogen and oxygen atoms in total. The molecule has 21 heavy (non-hydrogen) atoms. The van der Waals surface area contributed by atoms with E-state index in [0.29, 0.717) is 6.42 Å². The minimum absolute atomic E-state index is 0.0500. The van der Waals surface area contributed by atoms with E-state index >= 15 is 0 Å². The number of amides is 1. The van der Waals surface area contributed by atoms with Gasteiger partial charge in [-0.25, -0.2) is 8.78 Å². The standard InChI is InChI=1S/C15H11BrF2N2O/c16-9-6-13(11(18)7-10(9)17)20-15(21)14-5-8-3-1-2-4-12(8)19-14/h1-4,6-7,14,19H,5H2,(H,20,21). The van der Waals surface area contributed by atoms with Crippen molar-refractivity contribution in [1.82, 2.24) is 0 Å². The van der Waals surface area contributed by atoms with Gasteiger partial charge >= 0.3 is 0 Å². The molecule has 1 amide bonds. The van der Waals surface area contributed by atoms with Crippen molar-refractivity contribution in [3.05, 3.63) is 58.1 Å². The number of carbonyl (C=O) groups excluding carboxylic acids is 1. The van der Waals surface area contributed by atoms with Crippen LogP contribution in [0.1, 0.15) is 5.56 Å². The largest absolute Gasteiger partial charge is 0.373 e. The first-order chi connectivity index (χ1) is 10.0. The monoisotopic (exact) mass is 352 g/mol. The van der Waals surface area contributed by atoms with Crippen LogP contribution >= 0.6 is 15.9 Å². The molecule has 1 atom stereocenters. The minimum Gasteiger partial charge on any atom is -0.373 e. The zero-order valence-electron chi connectivity index (χ0n) is 10.8. The lowest BCUT2D eigenvalue weighted by Crippen LogP contribution is -2.33. The van der Waals surface area contributed by atoms with Gasteiger partial charge in [-0.3, -0.25) is 4.79 Å². The summed E-state index contributed by atoms with van der Waals surface area (Å²) in [6.45, 7) is 0. The van der Waals surface area contributed by atoms with Crippen LogP contribution in [0.2, 0.25) is 0 Å². The molecule has 108 valence electrons. The number of carbonyl (C=O) groups is 1.